The summed E-state index contributed by atoms with van der Waals surface area (Å²) >= 11 is 7.68. The second-order valence-corrected chi connectivity index (χ2v) is 5.62. The smallest absolute Gasteiger partial charge is 0.230 e. The number of halogens is 1. The average Bonchev–Trinajstić information content (AvgIpc) is 2.46. The molecule has 0 aliphatic carbocycles. The Morgan fingerprint density at radius 2 is 1.95 bits per heavy atom. The first-order chi connectivity index (χ1) is 9.60. The molecule has 0 aliphatic rings. The average molecular weight is 310 g/mol. The molecule has 0 fully saturated rings. The number of thioether (sulfide) groups is 1. The standard InChI is InChI=1S/C13H16ClN5S/c1-15-11-16-12(19(2)3)18-13(17-11)20-8-9-6-4-5-7-10(9)14/h4-7H,8H2,1-3H3,(H,15,16,17,18). The Hall–Kier alpha value is -1.53. The van der Waals surface area contributed by atoms with Crippen molar-refractivity contribution < 1.29 is 0 Å². The van der Waals surface area contributed by atoms with Crippen LogP contribution in [0.3, 0.4) is 0 Å². The van der Waals surface area contributed by atoms with E-state index in [9.17, 15) is 0 Å². The highest BCUT2D eigenvalue weighted by atomic mass is 35.5. The second-order valence-electron chi connectivity index (χ2n) is 4.27. The molecule has 5 nitrogen and oxygen atoms in total. The summed E-state index contributed by atoms with van der Waals surface area (Å²) in [6.45, 7) is 0. The van der Waals surface area contributed by atoms with Crippen molar-refractivity contribution in [2.45, 2.75) is 10.9 Å². The quantitative estimate of drug-likeness (QED) is 0.857. The number of nitrogens with one attached hydrogen (secondary N) is 1. The van der Waals surface area contributed by atoms with Crippen molar-refractivity contribution in [1.29, 1.82) is 0 Å². The molecule has 20 heavy (non-hydrogen) atoms. The lowest BCUT2D eigenvalue weighted by atomic mass is 10.2. The van der Waals surface area contributed by atoms with E-state index in [2.05, 4.69) is 20.3 Å². The van der Waals surface area contributed by atoms with Gasteiger partial charge < -0.3 is 10.2 Å². The fraction of sp³-hybridized carbons (Fsp3) is 0.308. The van der Waals surface area contributed by atoms with Crippen LogP contribution < -0.4 is 10.2 Å². The van der Waals surface area contributed by atoms with Gasteiger partial charge in [-0.1, -0.05) is 41.6 Å². The molecule has 2 aromatic rings. The van der Waals surface area contributed by atoms with E-state index in [0.29, 0.717) is 17.1 Å². The molecule has 0 atom stereocenters. The molecule has 1 N–H and O–H groups in total. The molecule has 106 valence electrons. The zero-order valence-corrected chi connectivity index (χ0v) is 13.2. The maximum Gasteiger partial charge on any atom is 0.230 e. The second kappa shape index (κ2) is 6.76. The fourth-order valence-corrected chi connectivity index (χ4v) is 2.60. The van der Waals surface area contributed by atoms with Gasteiger partial charge in [-0.3, -0.25) is 0 Å². The third kappa shape index (κ3) is 3.74. The summed E-state index contributed by atoms with van der Waals surface area (Å²) in [5.74, 6) is 1.91. The number of hydrogen-bond donors (Lipinski definition) is 1. The normalized spacial score (nSPS) is 10.4. The molecule has 0 saturated carbocycles. The lowest BCUT2D eigenvalue weighted by molar-refractivity contribution is 0.870. The summed E-state index contributed by atoms with van der Waals surface area (Å²) in [7, 11) is 5.59. The maximum absolute atomic E-state index is 6.14. The first kappa shape index (κ1) is 14.9. The van der Waals surface area contributed by atoms with Crippen LogP contribution in [-0.4, -0.2) is 36.1 Å². The number of anilines is 2. The Bertz CT molecular complexity index is 591. The Morgan fingerprint density at radius 3 is 2.60 bits per heavy atom. The molecular weight excluding hydrogens is 294 g/mol. The van der Waals surface area contributed by atoms with Gasteiger partial charge in [-0.15, -0.1) is 0 Å². The van der Waals surface area contributed by atoms with Crippen LogP contribution in [0.1, 0.15) is 5.56 Å². The maximum atomic E-state index is 6.14. The van der Waals surface area contributed by atoms with Crippen molar-refractivity contribution in [1.82, 2.24) is 15.0 Å². The first-order valence-electron chi connectivity index (χ1n) is 6.07. The largest absolute Gasteiger partial charge is 0.357 e. The van der Waals surface area contributed by atoms with Gasteiger partial charge in [-0.05, 0) is 11.6 Å². The van der Waals surface area contributed by atoms with Crippen LogP contribution in [-0.2, 0) is 5.75 Å². The van der Waals surface area contributed by atoms with Crippen molar-refractivity contribution in [3.8, 4) is 0 Å². The van der Waals surface area contributed by atoms with Crippen molar-refractivity contribution in [2.24, 2.45) is 0 Å². The van der Waals surface area contributed by atoms with Gasteiger partial charge in [0, 0.05) is 31.9 Å². The molecule has 0 unspecified atom stereocenters. The number of nitrogens with zero attached hydrogens (tertiary/aromatic N) is 4. The van der Waals surface area contributed by atoms with Gasteiger partial charge in [0.25, 0.3) is 0 Å². The van der Waals surface area contributed by atoms with Crippen molar-refractivity contribution in [2.75, 3.05) is 31.4 Å². The molecule has 7 heteroatoms. The van der Waals surface area contributed by atoms with E-state index in [1.807, 2.05) is 43.3 Å². The summed E-state index contributed by atoms with van der Waals surface area (Å²) in [6, 6.07) is 7.78. The first-order valence-corrected chi connectivity index (χ1v) is 7.44. The van der Waals surface area contributed by atoms with Gasteiger partial charge >= 0.3 is 0 Å². The predicted octanol–water partition coefficient (Wildman–Crippen LogP) is 2.93. The van der Waals surface area contributed by atoms with Gasteiger partial charge in [0.15, 0.2) is 5.16 Å². The van der Waals surface area contributed by atoms with Crippen LogP contribution in [0.5, 0.6) is 0 Å². The fourth-order valence-electron chi connectivity index (χ4n) is 1.48. The third-order valence-corrected chi connectivity index (χ3v) is 3.81. The molecule has 1 aromatic heterocycles. The molecule has 0 radical (unpaired) electrons. The van der Waals surface area contributed by atoms with E-state index in [4.69, 9.17) is 11.6 Å². The third-order valence-electron chi connectivity index (χ3n) is 2.54. The molecule has 1 heterocycles. The van der Waals surface area contributed by atoms with Crippen molar-refractivity contribution >= 4 is 35.3 Å². The van der Waals surface area contributed by atoms with Crippen molar-refractivity contribution in [3.05, 3.63) is 34.9 Å². The van der Waals surface area contributed by atoms with Crippen LogP contribution in [0.15, 0.2) is 29.4 Å². The molecule has 0 spiro atoms. The summed E-state index contributed by atoms with van der Waals surface area (Å²) in [5, 5.41) is 4.38. The highest BCUT2D eigenvalue weighted by Gasteiger charge is 2.09. The Morgan fingerprint density at radius 1 is 1.20 bits per heavy atom. The lowest BCUT2D eigenvalue weighted by Gasteiger charge is -2.12. The minimum Gasteiger partial charge on any atom is -0.357 e. The highest BCUT2D eigenvalue weighted by molar-refractivity contribution is 7.98. The summed E-state index contributed by atoms with van der Waals surface area (Å²) in [4.78, 5) is 14.9. The van der Waals surface area contributed by atoms with Gasteiger partial charge in [0.2, 0.25) is 11.9 Å². The Balaban J connectivity index is 2.17. The Kier molecular flexibility index (Phi) is 5.03. The van der Waals surface area contributed by atoms with Crippen molar-refractivity contribution in [3.63, 3.8) is 0 Å². The van der Waals surface area contributed by atoms with Gasteiger partial charge in [0.1, 0.15) is 0 Å². The predicted molar refractivity (Wildman–Crippen MR) is 84.7 cm³/mol. The van der Waals surface area contributed by atoms with E-state index in [0.717, 1.165) is 16.3 Å². The van der Waals surface area contributed by atoms with Crippen LogP contribution in [0, 0.1) is 0 Å². The number of rotatable bonds is 5. The van der Waals surface area contributed by atoms with Gasteiger partial charge in [0.05, 0.1) is 0 Å². The van der Waals surface area contributed by atoms with Gasteiger partial charge in [-0.25, -0.2) is 0 Å². The van der Waals surface area contributed by atoms with Crippen LogP contribution in [0.4, 0.5) is 11.9 Å². The lowest BCUT2D eigenvalue weighted by Crippen LogP contribution is -2.15. The van der Waals surface area contributed by atoms with E-state index < -0.39 is 0 Å². The number of hydrogen-bond acceptors (Lipinski definition) is 6. The molecule has 0 bridgehead atoms. The van der Waals surface area contributed by atoms with Crippen LogP contribution >= 0.6 is 23.4 Å². The monoisotopic (exact) mass is 309 g/mol. The molecular formula is C13H16ClN5S. The zero-order chi connectivity index (χ0) is 14.5. The number of aromatic nitrogens is 3. The molecule has 1 aromatic carbocycles. The summed E-state index contributed by atoms with van der Waals surface area (Å²) in [6.07, 6.45) is 0. The summed E-state index contributed by atoms with van der Waals surface area (Å²) < 4.78 is 0. The Labute approximate surface area is 127 Å². The minimum absolute atomic E-state index is 0.561. The van der Waals surface area contributed by atoms with E-state index >= 15 is 0 Å². The molecule has 0 amide bonds. The topological polar surface area (TPSA) is 53.9 Å². The van der Waals surface area contributed by atoms with Crippen LogP contribution in [0.25, 0.3) is 0 Å². The van der Waals surface area contributed by atoms with E-state index in [1.165, 1.54) is 11.8 Å². The molecule has 0 aliphatic heterocycles. The SMILES string of the molecule is CNc1nc(SCc2ccccc2Cl)nc(N(C)C)n1. The summed E-state index contributed by atoms with van der Waals surface area (Å²) in [5.41, 5.74) is 1.07. The number of benzene rings is 1. The van der Waals surface area contributed by atoms with E-state index in [1.54, 1.807) is 7.05 Å². The highest BCUT2D eigenvalue weighted by Crippen LogP contribution is 2.25. The van der Waals surface area contributed by atoms with E-state index in [-0.39, 0.29) is 0 Å². The molecule has 2 rings (SSSR count). The molecule has 0 saturated heterocycles. The zero-order valence-electron chi connectivity index (χ0n) is 11.6. The minimum atomic E-state index is 0.561. The van der Waals surface area contributed by atoms with Gasteiger partial charge in [-0.2, -0.15) is 15.0 Å². The van der Waals surface area contributed by atoms with Crippen LogP contribution in [0.2, 0.25) is 5.02 Å².